The summed E-state index contributed by atoms with van der Waals surface area (Å²) < 4.78 is 18.2. The van der Waals surface area contributed by atoms with E-state index in [0.717, 1.165) is 11.1 Å². The molecule has 0 saturated heterocycles. The van der Waals surface area contributed by atoms with Crippen LogP contribution >= 0.6 is 11.8 Å². The summed E-state index contributed by atoms with van der Waals surface area (Å²) in [6.45, 7) is 4.21. The number of nitrogens with zero attached hydrogens (tertiary/aromatic N) is 3. The smallest absolute Gasteiger partial charge is 0.236 e. The van der Waals surface area contributed by atoms with Crippen LogP contribution in [-0.4, -0.2) is 42.0 Å². The molecule has 5 rings (SSSR count). The van der Waals surface area contributed by atoms with Crippen LogP contribution in [-0.2, 0) is 10.5 Å². The van der Waals surface area contributed by atoms with Crippen LogP contribution < -0.4 is 24.8 Å². The molecule has 0 fully saturated rings. The Morgan fingerprint density at radius 1 is 0.974 bits per heavy atom. The van der Waals surface area contributed by atoms with Crippen LogP contribution in [0.3, 0.4) is 0 Å². The largest absolute Gasteiger partial charge is 0.495 e. The molecule has 0 bridgehead atoms. The third-order valence-electron chi connectivity index (χ3n) is 6.45. The van der Waals surface area contributed by atoms with Gasteiger partial charge in [-0.25, -0.2) is 4.68 Å². The molecule has 39 heavy (non-hydrogen) atoms. The molecule has 1 amide bonds. The van der Waals surface area contributed by atoms with E-state index in [-0.39, 0.29) is 5.91 Å². The number of ether oxygens (including phenoxy) is 3. The minimum absolute atomic E-state index is 0.267. The van der Waals surface area contributed by atoms with Crippen molar-refractivity contribution in [2.45, 2.75) is 17.0 Å². The van der Waals surface area contributed by atoms with E-state index in [9.17, 15) is 4.79 Å². The summed E-state index contributed by atoms with van der Waals surface area (Å²) in [5, 5.41) is 11.6. The van der Waals surface area contributed by atoms with Gasteiger partial charge in [0, 0.05) is 11.4 Å². The van der Waals surface area contributed by atoms with Crippen LogP contribution in [0.15, 0.2) is 90.2 Å². The molecule has 2 atom stereocenters. The number of para-hydroxylation sites is 2. The second-order valence-corrected chi connectivity index (χ2v) is 9.76. The van der Waals surface area contributed by atoms with Crippen molar-refractivity contribution in [3.8, 4) is 17.2 Å². The van der Waals surface area contributed by atoms with Gasteiger partial charge in [0.25, 0.3) is 0 Å². The minimum Gasteiger partial charge on any atom is -0.495 e. The number of amides is 1. The topological polar surface area (TPSA) is 99.5 Å². The quantitative estimate of drug-likeness (QED) is 0.272. The van der Waals surface area contributed by atoms with Gasteiger partial charge in [0.2, 0.25) is 17.0 Å². The van der Waals surface area contributed by atoms with Gasteiger partial charge in [0.15, 0.2) is 11.5 Å². The summed E-state index contributed by atoms with van der Waals surface area (Å²) in [4.78, 5) is 18.6. The predicted octanol–water partition coefficient (Wildman–Crippen LogP) is 5.38. The Morgan fingerprint density at radius 3 is 2.44 bits per heavy atom. The second-order valence-electron chi connectivity index (χ2n) is 8.81. The van der Waals surface area contributed by atoms with Crippen molar-refractivity contribution in [3.05, 3.63) is 96.2 Å². The van der Waals surface area contributed by atoms with E-state index < -0.39 is 12.0 Å². The Bertz CT molecular complexity index is 1490. The zero-order chi connectivity index (χ0) is 27.4. The third kappa shape index (κ3) is 5.42. The Hall–Kier alpha value is -4.44. The highest BCUT2D eigenvalue weighted by atomic mass is 32.2. The normalized spacial score (nSPS) is 16.1. The number of methoxy groups -OCH3 is 3. The monoisotopic (exact) mass is 543 g/mol. The first-order chi connectivity index (χ1) is 19.0. The molecule has 0 saturated carbocycles. The van der Waals surface area contributed by atoms with Gasteiger partial charge >= 0.3 is 0 Å². The van der Waals surface area contributed by atoms with Crippen LogP contribution in [0.5, 0.6) is 17.2 Å². The molecule has 3 aromatic carbocycles. The average Bonchev–Trinajstić information content (AvgIpc) is 3.38. The average molecular weight is 544 g/mol. The van der Waals surface area contributed by atoms with E-state index in [1.165, 1.54) is 11.8 Å². The van der Waals surface area contributed by atoms with Crippen molar-refractivity contribution in [3.63, 3.8) is 0 Å². The number of anilines is 2. The van der Waals surface area contributed by atoms with Gasteiger partial charge in [-0.05, 0) is 35.4 Å². The van der Waals surface area contributed by atoms with Gasteiger partial charge in [-0.3, -0.25) is 4.79 Å². The van der Waals surface area contributed by atoms with E-state index in [0.29, 0.717) is 45.5 Å². The molecule has 10 heteroatoms. The summed E-state index contributed by atoms with van der Waals surface area (Å²) in [7, 11) is 4.72. The molecule has 0 aliphatic carbocycles. The number of carbonyl (C=O) groups is 1. The number of aromatic nitrogens is 3. The minimum atomic E-state index is -0.728. The number of hydrogen-bond donors (Lipinski definition) is 2. The van der Waals surface area contributed by atoms with Crippen molar-refractivity contribution in [1.29, 1.82) is 0 Å². The molecule has 1 aliphatic heterocycles. The Morgan fingerprint density at radius 2 is 1.69 bits per heavy atom. The summed E-state index contributed by atoms with van der Waals surface area (Å²) in [6.07, 6.45) is 0. The summed E-state index contributed by atoms with van der Waals surface area (Å²) >= 11 is 1.52. The van der Waals surface area contributed by atoms with Crippen molar-refractivity contribution < 1.29 is 19.0 Å². The summed E-state index contributed by atoms with van der Waals surface area (Å²) in [5.74, 6) is 1.92. The van der Waals surface area contributed by atoms with Gasteiger partial charge in [0.1, 0.15) is 11.7 Å². The molecular weight excluding hydrogens is 514 g/mol. The van der Waals surface area contributed by atoms with Crippen LogP contribution in [0.4, 0.5) is 11.6 Å². The summed E-state index contributed by atoms with van der Waals surface area (Å²) in [6, 6.07) is 22.4. The number of hydrogen-bond acceptors (Lipinski definition) is 8. The molecular formula is C29H29N5O4S. The van der Waals surface area contributed by atoms with Gasteiger partial charge in [0.05, 0.1) is 33.1 Å². The highest BCUT2D eigenvalue weighted by Crippen LogP contribution is 2.42. The van der Waals surface area contributed by atoms with E-state index >= 15 is 0 Å². The zero-order valence-electron chi connectivity index (χ0n) is 21.9. The van der Waals surface area contributed by atoms with E-state index in [2.05, 4.69) is 29.3 Å². The lowest BCUT2D eigenvalue weighted by molar-refractivity contribution is -0.119. The third-order valence-corrected chi connectivity index (χ3v) is 7.35. The lowest BCUT2D eigenvalue weighted by Crippen LogP contribution is -2.39. The fourth-order valence-electron chi connectivity index (χ4n) is 4.55. The van der Waals surface area contributed by atoms with Crippen molar-refractivity contribution >= 4 is 29.3 Å². The Labute approximate surface area is 231 Å². The SMILES string of the molecule is C=C1Nc2nc(SCc3ccccc3)nn2[C@@H](c2ccc(OC)c(OC)c2)[C@@H]1C(=O)Nc1ccccc1OC. The first kappa shape index (κ1) is 26.2. The van der Waals surface area contributed by atoms with Gasteiger partial charge < -0.3 is 24.8 Å². The van der Waals surface area contributed by atoms with Crippen LogP contribution in [0.25, 0.3) is 0 Å². The van der Waals surface area contributed by atoms with E-state index in [1.807, 2.05) is 48.5 Å². The molecule has 200 valence electrons. The van der Waals surface area contributed by atoms with Crippen molar-refractivity contribution in [1.82, 2.24) is 14.8 Å². The number of thioether (sulfide) groups is 1. The molecule has 9 nitrogen and oxygen atoms in total. The fraction of sp³-hybridized carbons (Fsp3) is 0.207. The maximum Gasteiger partial charge on any atom is 0.236 e. The van der Waals surface area contributed by atoms with E-state index in [4.69, 9.17) is 24.3 Å². The van der Waals surface area contributed by atoms with Crippen LogP contribution in [0.1, 0.15) is 17.2 Å². The van der Waals surface area contributed by atoms with Crippen molar-refractivity contribution in [2.24, 2.45) is 5.92 Å². The van der Waals surface area contributed by atoms with Gasteiger partial charge in [-0.15, -0.1) is 5.10 Å². The number of benzene rings is 3. The molecule has 0 radical (unpaired) electrons. The number of carbonyl (C=O) groups excluding carboxylic acids is 1. The predicted molar refractivity (Wildman–Crippen MR) is 152 cm³/mol. The first-order valence-corrected chi connectivity index (χ1v) is 13.3. The summed E-state index contributed by atoms with van der Waals surface area (Å²) in [5.41, 5.74) is 3.02. The fourth-order valence-corrected chi connectivity index (χ4v) is 5.33. The number of rotatable bonds is 9. The Kier molecular flexibility index (Phi) is 7.74. The molecule has 2 heterocycles. The van der Waals surface area contributed by atoms with Gasteiger partial charge in [-0.2, -0.15) is 4.98 Å². The highest BCUT2D eigenvalue weighted by Gasteiger charge is 2.40. The molecule has 1 aromatic heterocycles. The molecule has 4 aromatic rings. The van der Waals surface area contributed by atoms with Crippen LogP contribution in [0, 0.1) is 5.92 Å². The number of nitrogens with one attached hydrogen (secondary N) is 2. The molecule has 2 N–H and O–H groups in total. The van der Waals surface area contributed by atoms with E-state index in [1.54, 1.807) is 38.1 Å². The standard InChI is InChI=1S/C29H29N5O4S/c1-18-25(27(35)31-21-12-8-9-13-22(21)36-2)26(20-14-15-23(37-3)24(16-20)38-4)34-28(30-18)32-29(33-34)39-17-19-10-6-5-7-11-19/h5-16,25-26H,1,17H2,2-4H3,(H,31,35)(H,30,32,33)/t25-,26+/m1/s1. The molecule has 0 unspecified atom stereocenters. The zero-order valence-corrected chi connectivity index (χ0v) is 22.7. The first-order valence-electron chi connectivity index (χ1n) is 12.3. The maximum absolute atomic E-state index is 13.8. The Balaban J connectivity index is 1.53. The van der Waals surface area contributed by atoms with Gasteiger partial charge in [-0.1, -0.05) is 66.9 Å². The second kappa shape index (κ2) is 11.5. The lowest BCUT2D eigenvalue weighted by Gasteiger charge is -2.34. The highest BCUT2D eigenvalue weighted by molar-refractivity contribution is 7.98. The van der Waals surface area contributed by atoms with Crippen LogP contribution in [0.2, 0.25) is 0 Å². The molecule has 1 aliphatic rings. The number of fused-ring (bicyclic) bond motifs is 1. The van der Waals surface area contributed by atoms with Crippen molar-refractivity contribution in [2.75, 3.05) is 32.0 Å². The molecule has 0 spiro atoms. The lowest BCUT2D eigenvalue weighted by atomic mass is 9.88. The maximum atomic E-state index is 13.8.